The number of nitrogens with one attached hydrogen (secondary N) is 2. The summed E-state index contributed by atoms with van der Waals surface area (Å²) in [6.45, 7) is 2.61. The molecule has 1 aliphatic heterocycles. The third-order valence-corrected chi connectivity index (χ3v) is 4.97. The number of H-pyrrole nitrogens is 1. The largest absolute Gasteiger partial charge is 0.451 e. The molecule has 1 aliphatic rings. The van der Waals surface area contributed by atoms with Gasteiger partial charge >= 0.3 is 5.97 Å². The first-order chi connectivity index (χ1) is 14.3. The Hall–Kier alpha value is -4.01. The molecule has 4 rings (SSSR count). The van der Waals surface area contributed by atoms with Crippen molar-refractivity contribution in [3.8, 4) is 0 Å². The van der Waals surface area contributed by atoms with Gasteiger partial charge in [0.25, 0.3) is 11.5 Å². The van der Waals surface area contributed by atoms with E-state index in [1.54, 1.807) is 62.4 Å². The number of amides is 2. The number of aromatic amines is 1. The lowest BCUT2D eigenvalue weighted by atomic mass is 9.96. The van der Waals surface area contributed by atoms with Crippen LogP contribution in [0.2, 0.25) is 0 Å². The summed E-state index contributed by atoms with van der Waals surface area (Å²) >= 11 is 0. The molecule has 9 heteroatoms. The second kappa shape index (κ2) is 7.11. The molecule has 0 atom stereocenters. The molecule has 0 bridgehead atoms. The lowest BCUT2D eigenvalue weighted by Gasteiger charge is -2.41. The highest BCUT2D eigenvalue weighted by molar-refractivity contribution is 6.14. The number of para-hydroxylation sites is 2. The second-order valence-electron chi connectivity index (χ2n) is 7.28. The number of rotatable bonds is 3. The molecular formula is C21H18N4O5. The molecular weight excluding hydrogens is 388 g/mol. The van der Waals surface area contributed by atoms with Crippen LogP contribution in [-0.2, 0) is 14.3 Å². The topological polar surface area (TPSA) is 121 Å². The average molecular weight is 406 g/mol. The zero-order valence-corrected chi connectivity index (χ0v) is 16.3. The molecule has 3 aromatic rings. The van der Waals surface area contributed by atoms with E-state index in [0.717, 1.165) is 0 Å². The number of fused-ring (bicyclic) bond motifs is 2. The number of hydrogen-bond donors (Lipinski definition) is 2. The van der Waals surface area contributed by atoms with Crippen molar-refractivity contribution < 1.29 is 19.1 Å². The Kier molecular flexibility index (Phi) is 4.57. The normalized spacial score (nSPS) is 14.7. The number of esters is 1. The van der Waals surface area contributed by atoms with Crippen molar-refractivity contribution in [2.45, 2.75) is 19.4 Å². The number of carbonyl (C=O) groups excluding carboxylic acids is 3. The number of benzene rings is 2. The Labute approximate surface area is 170 Å². The maximum Gasteiger partial charge on any atom is 0.359 e. The minimum Gasteiger partial charge on any atom is -0.451 e. The molecule has 0 aliphatic carbocycles. The van der Waals surface area contributed by atoms with Crippen LogP contribution < -0.4 is 15.8 Å². The quantitative estimate of drug-likeness (QED) is 0.640. The lowest BCUT2D eigenvalue weighted by molar-refractivity contribution is -0.128. The minimum atomic E-state index is -1.18. The fourth-order valence-electron chi connectivity index (χ4n) is 3.43. The Morgan fingerprint density at radius 1 is 1.03 bits per heavy atom. The molecule has 0 radical (unpaired) electrons. The van der Waals surface area contributed by atoms with Gasteiger partial charge in [-0.15, -0.1) is 0 Å². The Morgan fingerprint density at radius 3 is 2.47 bits per heavy atom. The van der Waals surface area contributed by atoms with E-state index in [9.17, 15) is 19.2 Å². The summed E-state index contributed by atoms with van der Waals surface area (Å²) in [5, 5.41) is 9.40. The fourth-order valence-corrected chi connectivity index (χ4v) is 3.43. The highest BCUT2D eigenvalue weighted by Gasteiger charge is 2.43. The molecule has 2 amide bonds. The van der Waals surface area contributed by atoms with Gasteiger partial charge in [0.2, 0.25) is 5.91 Å². The summed E-state index contributed by atoms with van der Waals surface area (Å²) in [6.07, 6.45) is 0. The monoisotopic (exact) mass is 406 g/mol. The molecule has 2 aromatic carbocycles. The van der Waals surface area contributed by atoms with Gasteiger partial charge in [0.15, 0.2) is 12.3 Å². The zero-order valence-electron chi connectivity index (χ0n) is 16.3. The minimum absolute atomic E-state index is 0.103. The molecule has 9 nitrogen and oxygen atoms in total. The summed E-state index contributed by atoms with van der Waals surface area (Å²) in [5.41, 5.74) is -0.712. The van der Waals surface area contributed by atoms with E-state index in [0.29, 0.717) is 16.8 Å². The Balaban J connectivity index is 1.60. The third-order valence-electron chi connectivity index (χ3n) is 4.97. The van der Waals surface area contributed by atoms with Gasteiger partial charge in [-0.05, 0) is 32.0 Å². The van der Waals surface area contributed by atoms with E-state index < -0.39 is 29.6 Å². The van der Waals surface area contributed by atoms with Crippen LogP contribution in [0.25, 0.3) is 10.8 Å². The summed E-state index contributed by atoms with van der Waals surface area (Å²) < 4.78 is 5.19. The molecule has 0 saturated heterocycles. The maximum atomic E-state index is 13.0. The number of aromatic nitrogens is 2. The smallest absolute Gasteiger partial charge is 0.359 e. The zero-order chi connectivity index (χ0) is 21.5. The van der Waals surface area contributed by atoms with Crippen molar-refractivity contribution in [3.63, 3.8) is 0 Å². The van der Waals surface area contributed by atoms with E-state index in [1.165, 1.54) is 4.90 Å². The molecule has 0 unspecified atom stereocenters. The van der Waals surface area contributed by atoms with Gasteiger partial charge in [0.05, 0.1) is 16.8 Å². The van der Waals surface area contributed by atoms with Crippen LogP contribution in [0, 0.1) is 0 Å². The number of hydrogen-bond acceptors (Lipinski definition) is 6. The van der Waals surface area contributed by atoms with Crippen LogP contribution in [0.15, 0.2) is 53.3 Å². The molecule has 152 valence electrons. The number of ether oxygens (including phenoxy) is 1. The van der Waals surface area contributed by atoms with Crippen molar-refractivity contribution in [2.75, 3.05) is 16.8 Å². The second-order valence-corrected chi connectivity index (χ2v) is 7.28. The van der Waals surface area contributed by atoms with E-state index in [4.69, 9.17) is 4.74 Å². The van der Waals surface area contributed by atoms with E-state index in [-0.39, 0.29) is 17.0 Å². The average Bonchev–Trinajstić information content (AvgIpc) is 2.73. The fraction of sp³-hybridized carbons (Fsp3) is 0.190. The molecule has 2 N–H and O–H groups in total. The van der Waals surface area contributed by atoms with E-state index >= 15 is 0 Å². The van der Waals surface area contributed by atoms with Crippen molar-refractivity contribution in [1.29, 1.82) is 0 Å². The SMILES string of the molecule is CC1(C)C(=O)Nc2ccccc2N1C(=O)COC(=O)c1n[nH]c(=O)c2ccccc12. The molecule has 0 spiro atoms. The third kappa shape index (κ3) is 3.10. The first-order valence-electron chi connectivity index (χ1n) is 9.19. The highest BCUT2D eigenvalue weighted by atomic mass is 16.5. The van der Waals surface area contributed by atoms with Crippen LogP contribution in [0.3, 0.4) is 0 Å². The van der Waals surface area contributed by atoms with Gasteiger partial charge in [0, 0.05) is 5.39 Å². The van der Waals surface area contributed by atoms with Gasteiger partial charge in [-0.2, -0.15) is 5.10 Å². The Bertz CT molecular complexity index is 1250. The van der Waals surface area contributed by atoms with Crippen LogP contribution in [0.5, 0.6) is 0 Å². The van der Waals surface area contributed by atoms with Crippen molar-refractivity contribution in [1.82, 2.24) is 10.2 Å². The van der Waals surface area contributed by atoms with Gasteiger partial charge < -0.3 is 10.1 Å². The first kappa shape index (κ1) is 19.3. The van der Waals surface area contributed by atoms with Crippen molar-refractivity contribution in [2.24, 2.45) is 0 Å². The first-order valence-corrected chi connectivity index (χ1v) is 9.19. The predicted molar refractivity (Wildman–Crippen MR) is 109 cm³/mol. The number of nitrogens with zero attached hydrogens (tertiary/aromatic N) is 2. The van der Waals surface area contributed by atoms with E-state index in [1.807, 2.05) is 0 Å². The molecule has 2 heterocycles. The number of anilines is 2. The Morgan fingerprint density at radius 2 is 1.70 bits per heavy atom. The van der Waals surface area contributed by atoms with Gasteiger partial charge in [0.1, 0.15) is 5.54 Å². The number of carbonyl (C=O) groups is 3. The van der Waals surface area contributed by atoms with E-state index in [2.05, 4.69) is 15.5 Å². The van der Waals surface area contributed by atoms with Crippen LogP contribution in [-0.4, -0.2) is 40.1 Å². The summed E-state index contributed by atoms with van der Waals surface area (Å²) in [6, 6.07) is 13.3. The van der Waals surface area contributed by atoms with Crippen LogP contribution in [0.1, 0.15) is 24.3 Å². The van der Waals surface area contributed by atoms with Gasteiger partial charge in [-0.1, -0.05) is 30.3 Å². The standard InChI is InChI=1S/C21H18N4O5/c1-21(2)20(29)22-14-9-5-6-10-15(14)25(21)16(26)11-30-19(28)17-12-7-3-4-8-13(12)18(27)24-23-17/h3-10H,11H2,1-2H3,(H,22,29)(H,24,27). The highest BCUT2D eigenvalue weighted by Crippen LogP contribution is 2.36. The summed E-state index contributed by atoms with van der Waals surface area (Å²) in [7, 11) is 0. The molecule has 1 aromatic heterocycles. The van der Waals surface area contributed by atoms with Gasteiger partial charge in [-0.25, -0.2) is 9.89 Å². The van der Waals surface area contributed by atoms with Crippen molar-refractivity contribution in [3.05, 3.63) is 64.6 Å². The predicted octanol–water partition coefficient (Wildman–Crippen LogP) is 1.84. The molecule has 30 heavy (non-hydrogen) atoms. The maximum absolute atomic E-state index is 13.0. The van der Waals surface area contributed by atoms with Crippen molar-refractivity contribution >= 4 is 39.9 Å². The summed E-state index contributed by atoms with van der Waals surface area (Å²) in [4.78, 5) is 51.2. The molecule has 0 saturated carbocycles. The van der Waals surface area contributed by atoms with Crippen LogP contribution >= 0.6 is 0 Å². The summed E-state index contributed by atoms with van der Waals surface area (Å²) in [5.74, 6) is -1.78. The lowest BCUT2D eigenvalue weighted by Crippen LogP contribution is -2.59. The molecule has 0 fully saturated rings. The van der Waals surface area contributed by atoms with Gasteiger partial charge in [-0.3, -0.25) is 19.3 Å². The van der Waals surface area contributed by atoms with Crippen LogP contribution in [0.4, 0.5) is 11.4 Å².